The maximum absolute atomic E-state index is 13.7. The van der Waals surface area contributed by atoms with E-state index in [2.05, 4.69) is 5.32 Å². The zero-order valence-electron chi connectivity index (χ0n) is 15.4. The number of halogens is 1. The standard InChI is InChI=1S/C20H25FN2O3S/c1-27(25,26)23(15-13-18-11-5-6-12-19(18)21)16-20(24)22-14-7-10-17-8-3-2-4-9-17/h2-6,8-9,11-12H,7,10,13-16H2,1H3,(H,22,24). The van der Waals surface area contributed by atoms with Gasteiger partial charge in [0, 0.05) is 13.1 Å². The van der Waals surface area contributed by atoms with E-state index in [0.29, 0.717) is 12.1 Å². The van der Waals surface area contributed by atoms with Crippen LogP contribution in [0.2, 0.25) is 0 Å². The molecule has 0 saturated heterocycles. The summed E-state index contributed by atoms with van der Waals surface area (Å²) >= 11 is 0. The summed E-state index contributed by atoms with van der Waals surface area (Å²) in [6.45, 7) is 0.258. The molecule has 0 aromatic heterocycles. The normalized spacial score (nSPS) is 11.5. The smallest absolute Gasteiger partial charge is 0.235 e. The van der Waals surface area contributed by atoms with Crippen molar-refractivity contribution < 1.29 is 17.6 Å². The predicted octanol–water partition coefficient (Wildman–Crippen LogP) is 2.38. The summed E-state index contributed by atoms with van der Waals surface area (Å²) in [5.74, 6) is -0.738. The third-order valence-electron chi connectivity index (χ3n) is 4.18. The van der Waals surface area contributed by atoms with E-state index in [1.165, 1.54) is 11.6 Å². The molecule has 0 aliphatic heterocycles. The second kappa shape index (κ2) is 10.2. The van der Waals surface area contributed by atoms with Crippen molar-refractivity contribution in [2.75, 3.05) is 25.9 Å². The Kier molecular flexibility index (Phi) is 7.94. The van der Waals surface area contributed by atoms with Crippen molar-refractivity contribution in [1.29, 1.82) is 0 Å². The molecule has 146 valence electrons. The second-order valence-corrected chi connectivity index (χ2v) is 8.36. The third-order valence-corrected chi connectivity index (χ3v) is 5.43. The van der Waals surface area contributed by atoms with Crippen LogP contribution >= 0.6 is 0 Å². The van der Waals surface area contributed by atoms with Crippen molar-refractivity contribution in [1.82, 2.24) is 9.62 Å². The molecule has 2 aromatic rings. The molecule has 0 radical (unpaired) electrons. The highest BCUT2D eigenvalue weighted by Gasteiger charge is 2.20. The van der Waals surface area contributed by atoms with E-state index in [1.807, 2.05) is 30.3 Å². The molecule has 0 spiro atoms. The molecule has 2 aromatic carbocycles. The summed E-state index contributed by atoms with van der Waals surface area (Å²) in [5, 5.41) is 2.75. The van der Waals surface area contributed by atoms with E-state index in [0.717, 1.165) is 23.4 Å². The topological polar surface area (TPSA) is 66.5 Å². The van der Waals surface area contributed by atoms with Gasteiger partial charge < -0.3 is 5.32 Å². The Labute approximate surface area is 160 Å². The molecule has 0 heterocycles. The van der Waals surface area contributed by atoms with E-state index in [1.54, 1.807) is 18.2 Å². The quantitative estimate of drug-likeness (QED) is 0.632. The zero-order chi connectivity index (χ0) is 19.7. The SMILES string of the molecule is CS(=O)(=O)N(CCc1ccccc1F)CC(=O)NCCCc1ccccc1. The lowest BCUT2D eigenvalue weighted by atomic mass is 10.1. The fourth-order valence-corrected chi connectivity index (χ4v) is 3.46. The number of rotatable bonds is 10. The molecule has 7 heteroatoms. The molecule has 0 unspecified atom stereocenters. The second-order valence-electron chi connectivity index (χ2n) is 6.38. The minimum Gasteiger partial charge on any atom is -0.355 e. The fourth-order valence-electron chi connectivity index (χ4n) is 2.69. The molecule has 0 atom stereocenters. The van der Waals surface area contributed by atoms with Crippen molar-refractivity contribution in [3.8, 4) is 0 Å². The molecular weight excluding hydrogens is 367 g/mol. The Hall–Kier alpha value is -2.25. The number of sulfonamides is 1. The minimum atomic E-state index is -3.57. The number of carbonyl (C=O) groups is 1. The molecule has 2 rings (SSSR count). The minimum absolute atomic E-state index is 0.0528. The van der Waals surface area contributed by atoms with Crippen molar-refractivity contribution in [3.05, 3.63) is 71.5 Å². The molecule has 27 heavy (non-hydrogen) atoms. The van der Waals surface area contributed by atoms with Crippen LogP contribution in [0.3, 0.4) is 0 Å². The van der Waals surface area contributed by atoms with Gasteiger partial charge in [0.05, 0.1) is 12.8 Å². The van der Waals surface area contributed by atoms with Crippen LogP contribution in [-0.2, 0) is 27.7 Å². The molecule has 0 aliphatic rings. The Morgan fingerprint density at radius 2 is 1.70 bits per heavy atom. The van der Waals surface area contributed by atoms with Gasteiger partial charge in [-0.15, -0.1) is 0 Å². The summed E-state index contributed by atoms with van der Waals surface area (Å²) in [7, 11) is -3.57. The summed E-state index contributed by atoms with van der Waals surface area (Å²) in [6, 6.07) is 16.1. The molecular formula is C20H25FN2O3S. The van der Waals surface area contributed by atoms with Gasteiger partial charge in [0.1, 0.15) is 5.82 Å². The molecule has 5 nitrogen and oxygen atoms in total. The van der Waals surface area contributed by atoms with Gasteiger partial charge >= 0.3 is 0 Å². The van der Waals surface area contributed by atoms with Gasteiger partial charge in [-0.25, -0.2) is 12.8 Å². The third kappa shape index (κ3) is 7.48. The van der Waals surface area contributed by atoms with E-state index >= 15 is 0 Å². The summed E-state index contributed by atoms with van der Waals surface area (Å²) in [6.07, 6.45) is 2.87. The number of carbonyl (C=O) groups excluding carboxylic acids is 1. The largest absolute Gasteiger partial charge is 0.355 e. The van der Waals surface area contributed by atoms with Gasteiger partial charge in [-0.1, -0.05) is 48.5 Å². The van der Waals surface area contributed by atoms with Crippen molar-refractivity contribution in [3.63, 3.8) is 0 Å². The Balaban J connectivity index is 1.80. The van der Waals surface area contributed by atoms with E-state index in [4.69, 9.17) is 0 Å². The molecule has 0 saturated carbocycles. The molecule has 0 fully saturated rings. The van der Waals surface area contributed by atoms with E-state index < -0.39 is 10.0 Å². The number of hydrogen-bond donors (Lipinski definition) is 1. The Bertz CT molecular complexity index is 841. The summed E-state index contributed by atoms with van der Waals surface area (Å²) < 4.78 is 38.7. The number of hydrogen-bond acceptors (Lipinski definition) is 3. The van der Waals surface area contributed by atoms with Crippen molar-refractivity contribution in [2.45, 2.75) is 19.3 Å². The number of amides is 1. The van der Waals surface area contributed by atoms with E-state index in [9.17, 15) is 17.6 Å². The Morgan fingerprint density at radius 1 is 1.04 bits per heavy atom. The van der Waals surface area contributed by atoms with Crippen LogP contribution in [0.5, 0.6) is 0 Å². The van der Waals surface area contributed by atoms with Gasteiger partial charge in [-0.3, -0.25) is 4.79 Å². The molecule has 1 amide bonds. The van der Waals surface area contributed by atoms with Crippen molar-refractivity contribution >= 4 is 15.9 Å². The highest BCUT2D eigenvalue weighted by Crippen LogP contribution is 2.09. The summed E-state index contributed by atoms with van der Waals surface area (Å²) in [5.41, 5.74) is 1.61. The lowest BCUT2D eigenvalue weighted by molar-refractivity contribution is -0.121. The zero-order valence-corrected chi connectivity index (χ0v) is 16.2. The molecule has 1 N–H and O–H groups in total. The van der Waals surface area contributed by atoms with Crippen LogP contribution in [0, 0.1) is 5.82 Å². The number of benzene rings is 2. The number of nitrogens with one attached hydrogen (secondary N) is 1. The first-order chi connectivity index (χ1) is 12.9. The van der Waals surface area contributed by atoms with Crippen LogP contribution in [0.4, 0.5) is 4.39 Å². The van der Waals surface area contributed by atoms with Gasteiger partial charge in [0.15, 0.2) is 0 Å². The van der Waals surface area contributed by atoms with Gasteiger partial charge in [-0.2, -0.15) is 4.31 Å². The average Bonchev–Trinajstić information content (AvgIpc) is 2.63. The van der Waals surface area contributed by atoms with Crippen LogP contribution in [0.25, 0.3) is 0 Å². The Morgan fingerprint density at radius 3 is 2.37 bits per heavy atom. The first-order valence-corrected chi connectivity index (χ1v) is 10.7. The van der Waals surface area contributed by atoms with Gasteiger partial charge in [0.25, 0.3) is 0 Å². The highest BCUT2D eigenvalue weighted by molar-refractivity contribution is 7.88. The number of nitrogens with zero attached hydrogens (tertiary/aromatic N) is 1. The van der Waals surface area contributed by atoms with Crippen LogP contribution in [0.15, 0.2) is 54.6 Å². The van der Waals surface area contributed by atoms with Crippen LogP contribution < -0.4 is 5.32 Å². The first-order valence-electron chi connectivity index (χ1n) is 8.85. The van der Waals surface area contributed by atoms with Gasteiger partial charge in [-0.05, 0) is 36.5 Å². The molecule has 0 bridgehead atoms. The first kappa shape index (κ1) is 21.1. The fraction of sp³-hybridized carbons (Fsp3) is 0.350. The van der Waals surface area contributed by atoms with E-state index in [-0.39, 0.29) is 31.2 Å². The number of aryl methyl sites for hydroxylation is 1. The van der Waals surface area contributed by atoms with Crippen LogP contribution in [0.1, 0.15) is 17.5 Å². The average molecular weight is 392 g/mol. The monoisotopic (exact) mass is 392 g/mol. The van der Waals surface area contributed by atoms with Crippen LogP contribution in [-0.4, -0.2) is 44.5 Å². The maximum atomic E-state index is 13.7. The molecule has 0 aliphatic carbocycles. The lowest BCUT2D eigenvalue weighted by Gasteiger charge is -2.19. The predicted molar refractivity (Wildman–Crippen MR) is 104 cm³/mol. The van der Waals surface area contributed by atoms with Gasteiger partial charge in [0.2, 0.25) is 15.9 Å². The summed E-state index contributed by atoms with van der Waals surface area (Å²) in [4.78, 5) is 12.1. The van der Waals surface area contributed by atoms with Crippen molar-refractivity contribution in [2.24, 2.45) is 0 Å². The lowest BCUT2D eigenvalue weighted by Crippen LogP contribution is -2.41. The maximum Gasteiger partial charge on any atom is 0.235 e. The highest BCUT2D eigenvalue weighted by atomic mass is 32.2.